The molecule has 1 saturated heterocycles. The molecule has 2 aromatic rings. The molecule has 1 unspecified atom stereocenters. The number of hydrogen-bond donors (Lipinski definition) is 0. The lowest BCUT2D eigenvalue weighted by molar-refractivity contribution is -0.130. The zero-order valence-electron chi connectivity index (χ0n) is 10.4. The number of fused-ring (bicyclic) bond motifs is 1. The lowest BCUT2D eigenvalue weighted by Gasteiger charge is -2.18. The van der Waals surface area contributed by atoms with E-state index in [0.29, 0.717) is 17.8 Å². The topological polar surface area (TPSA) is 70.1 Å². The van der Waals surface area contributed by atoms with Gasteiger partial charge in [0.2, 0.25) is 5.91 Å². The number of para-hydroxylation sites is 1. The van der Waals surface area contributed by atoms with Crippen molar-refractivity contribution in [1.29, 1.82) is 5.26 Å². The summed E-state index contributed by atoms with van der Waals surface area (Å²) in [7, 11) is 0. The van der Waals surface area contributed by atoms with E-state index < -0.39 is 0 Å². The maximum Gasteiger partial charge on any atom is 0.229 e. The molecule has 2 heterocycles. The van der Waals surface area contributed by atoms with Gasteiger partial charge in [-0.05, 0) is 25.0 Å². The van der Waals surface area contributed by atoms with Gasteiger partial charge in [0.15, 0.2) is 5.58 Å². The molecule has 5 heteroatoms. The zero-order valence-corrected chi connectivity index (χ0v) is 10.4. The summed E-state index contributed by atoms with van der Waals surface area (Å²) in [6.45, 7) is 0.660. The molecule has 1 aromatic heterocycles. The Morgan fingerprint density at radius 3 is 3.21 bits per heavy atom. The minimum atomic E-state index is -0.286. The number of carbonyl (C=O) groups excluding carboxylic acids is 1. The number of hydrogen-bond acceptors (Lipinski definition) is 4. The van der Waals surface area contributed by atoms with E-state index in [2.05, 4.69) is 11.2 Å². The largest absolute Gasteiger partial charge is 0.356 e. The highest BCUT2D eigenvalue weighted by molar-refractivity contribution is 5.86. The molecule has 1 aromatic carbocycles. The third kappa shape index (κ3) is 2.06. The zero-order chi connectivity index (χ0) is 13.2. The first-order chi connectivity index (χ1) is 9.29. The second kappa shape index (κ2) is 4.73. The van der Waals surface area contributed by atoms with Gasteiger partial charge in [-0.3, -0.25) is 4.79 Å². The number of benzene rings is 1. The highest BCUT2D eigenvalue weighted by Gasteiger charge is 2.29. The van der Waals surface area contributed by atoms with Gasteiger partial charge in [-0.25, -0.2) is 0 Å². The molecule has 1 amide bonds. The van der Waals surface area contributed by atoms with Crippen LogP contribution in [-0.2, 0) is 11.2 Å². The van der Waals surface area contributed by atoms with Crippen LogP contribution in [0.4, 0.5) is 0 Å². The van der Waals surface area contributed by atoms with E-state index in [1.165, 1.54) is 0 Å². The van der Waals surface area contributed by atoms with Crippen molar-refractivity contribution in [3.8, 4) is 6.07 Å². The molecule has 0 aliphatic carbocycles. The van der Waals surface area contributed by atoms with Crippen LogP contribution in [0.15, 0.2) is 28.8 Å². The van der Waals surface area contributed by atoms with Gasteiger partial charge in [0.05, 0.1) is 12.5 Å². The number of amides is 1. The fourth-order valence-electron chi connectivity index (χ4n) is 2.51. The van der Waals surface area contributed by atoms with Gasteiger partial charge in [-0.2, -0.15) is 5.26 Å². The lowest BCUT2D eigenvalue weighted by atomic mass is 10.1. The molecule has 0 saturated carbocycles. The molecule has 0 spiro atoms. The maximum absolute atomic E-state index is 12.2. The van der Waals surface area contributed by atoms with E-state index in [9.17, 15) is 4.79 Å². The first kappa shape index (κ1) is 11.7. The molecule has 5 nitrogen and oxygen atoms in total. The first-order valence-electron chi connectivity index (χ1n) is 6.32. The Morgan fingerprint density at radius 2 is 2.37 bits per heavy atom. The van der Waals surface area contributed by atoms with Crippen molar-refractivity contribution in [2.24, 2.45) is 0 Å². The van der Waals surface area contributed by atoms with E-state index in [1.54, 1.807) is 4.90 Å². The third-order valence-corrected chi connectivity index (χ3v) is 3.49. The van der Waals surface area contributed by atoms with Crippen LogP contribution >= 0.6 is 0 Å². The van der Waals surface area contributed by atoms with Crippen LogP contribution in [-0.4, -0.2) is 28.6 Å². The number of likely N-dealkylation sites (tertiary alicyclic amines) is 1. The van der Waals surface area contributed by atoms with Gasteiger partial charge in [0.25, 0.3) is 0 Å². The van der Waals surface area contributed by atoms with Crippen LogP contribution < -0.4 is 0 Å². The molecule has 0 N–H and O–H groups in total. The molecule has 19 heavy (non-hydrogen) atoms. The maximum atomic E-state index is 12.2. The van der Waals surface area contributed by atoms with Gasteiger partial charge in [0, 0.05) is 11.9 Å². The van der Waals surface area contributed by atoms with Gasteiger partial charge in [-0.15, -0.1) is 0 Å². The summed E-state index contributed by atoms with van der Waals surface area (Å²) in [5, 5.41) is 13.8. The number of carbonyl (C=O) groups is 1. The predicted molar refractivity (Wildman–Crippen MR) is 68.1 cm³/mol. The van der Waals surface area contributed by atoms with Gasteiger partial charge >= 0.3 is 0 Å². The Kier molecular flexibility index (Phi) is 2.92. The Bertz CT molecular complexity index is 656. The molecule has 1 aliphatic rings. The average Bonchev–Trinajstić information content (AvgIpc) is 3.05. The van der Waals surface area contributed by atoms with Crippen LogP contribution in [0.25, 0.3) is 11.0 Å². The second-order valence-corrected chi connectivity index (χ2v) is 4.68. The van der Waals surface area contributed by atoms with Gasteiger partial charge in [0.1, 0.15) is 11.7 Å². The van der Waals surface area contributed by atoms with Crippen LogP contribution in [0.2, 0.25) is 0 Å². The molecule has 0 radical (unpaired) electrons. The van der Waals surface area contributed by atoms with Gasteiger partial charge in [-0.1, -0.05) is 17.3 Å². The highest BCUT2D eigenvalue weighted by atomic mass is 16.5. The van der Waals surface area contributed by atoms with E-state index in [4.69, 9.17) is 9.78 Å². The minimum absolute atomic E-state index is 0.0527. The smallest absolute Gasteiger partial charge is 0.229 e. The summed E-state index contributed by atoms with van der Waals surface area (Å²) in [6.07, 6.45) is 1.85. The second-order valence-electron chi connectivity index (χ2n) is 4.68. The van der Waals surface area contributed by atoms with E-state index >= 15 is 0 Å². The summed E-state index contributed by atoms with van der Waals surface area (Å²) in [6, 6.07) is 9.36. The molecular weight excluding hydrogens is 242 g/mol. The quantitative estimate of drug-likeness (QED) is 0.821. The summed E-state index contributed by atoms with van der Waals surface area (Å²) in [5.41, 5.74) is 1.33. The van der Waals surface area contributed by atoms with Crippen molar-refractivity contribution in [3.63, 3.8) is 0 Å². The monoisotopic (exact) mass is 255 g/mol. The van der Waals surface area contributed by atoms with Gasteiger partial charge < -0.3 is 9.42 Å². The van der Waals surface area contributed by atoms with Crippen molar-refractivity contribution < 1.29 is 9.32 Å². The fraction of sp³-hybridized carbons (Fsp3) is 0.357. The van der Waals surface area contributed by atoms with Crippen molar-refractivity contribution >= 4 is 16.9 Å². The Morgan fingerprint density at radius 1 is 1.53 bits per heavy atom. The van der Waals surface area contributed by atoms with E-state index in [1.807, 2.05) is 24.3 Å². The van der Waals surface area contributed by atoms with Crippen LogP contribution in [0, 0.1) is 11.3 Å². The van der Waals surface area contributed by atoms with Crippen molar-refractivity contribution in [2.45, 2.75) is 25.3 Å². The summed E-state index contributed by atoms with van der Waals surface area (Å²) < 4.78 is 5.18. The Balaban J connectivity index is 1.82. The van der Waals surface area contributed by atoms with Crippen molar-refractivity contribution in [1.82, 2.24) is 10.1 Å². The normalized spacial score (nSPS) is 18.7. The molecular formula is C14H13N3O2. The number of nitriles is 1. The Labute approximate surface area is 110 Å². The SMILES string of the molecule is N#CC1CCCN1C(=O)Cc1noc2ccccc12. The summed E-state index contributed by atoms with van der Waals surface area (Å²) >= 11 is 0. The molecule has 0 bridgehead atoms. The summed E-state index contributed by atoms with van der Waals surface area (Å²) in [4.78, 5) is 13.9. The van der Waals surface area contributed by atoms with Crippen molar-refractivity contribution in [2.75, 3.05) is 6.54 Å². The molecule has 1 atom stereocenters. The molecule has 1 fully saturated rings. The summed E-state index contributed by atoms with van der Waals surface area (Å²) in [5.74, 6) is -0.0527. The fourth-order valence-corrected chi connectivity index (χ4v) is 2.51. The number of rotatable bonds is 2. The molecule has 1 aliphatic heterocycles. The highest BCUT2D eigenvalue weighted by Crippen LogP contribution is 2.21. The average molecular weight is 255 g/mol. The van der Waals surface area contributed by atoms with E-state index in [-0.39, 0.29) is 18.4 Å². The third-order valence-electron chi connectivity index (χ3n) is 3.49. The Hall–Kier alpha value is -2.35. The number of aromatic nitrogens is 1. The van der Waals surface area contributed by atoms with Crippen molar-refractivity contribution in [3.05, 3.63) is 30.0 Å². The first-order valence-corrected chi connectivity index (χ1v) is 6.32. The minimum Gasteiger partial charge on any atom is -0.356 e. The molecule has 3 rings (SSSR count). The van der Waals surface area contributed by atoms with Crippen LogP contribution in [0.1, 0.15) is 18.5 Å². The standard InChI is InChI=1S/C14H13N3O2/c15-9-10-4-3-7-17(10)14(18)8-12-11-5-1-2-6-13(11)19-16-12/h1-2,5-6,10H,3-4,7-8H2. The molecule has 96 valence electrons. The predicted octanol–water partition coefficient (Wildman–Crippen LogP) is 1.88. The number of nitrogens with zero attached hydrogens (tertiary/aromatic N) is 3. The van der Waals surface area contributed by atoms with Crippen LogP contribution in [0.5, 0.6) is 0 Å². The van der Waals surface area contributed by atoms with E-state index in [0.717, 1.165) is 18.2 Å². The lowest BCUT2D eigenvalue weighted by Crippen LogP contribution is -2.35. The van der Waals surface area contributed by atoms with Crippen LogP contribution in [0.3, 0.4) is 0 Å².